The first kappa shape index (κ1) is 14.9. The van der Waals surface area contributed by atoms with Crippen LogP contribution in [-0.4, -0.2) is 22.9 Å². The lowest BCUT2D eigenvalue weighted by molar-refractivity contribution is 0.419. The second-order valence-electron chi connectivity index (χ2n) is 3.25. The van der Waals surface area contributed by atoms with Crippen molar-refractivity contribution in [2.45, 2.75) is 44.0 Å². The molecule has 0 N–H and O–H groups in total. The Hall–Kier alpha value is 0.920. The number of unbranched alkanes of at least 4 members (excludes halogenated alkanes) is 3. The normalized spacial score (nSPS) is 13.1. The average Bonchev–Trinajstić information content (AvgIpc) is 2.18. The summed E-state index contributed by atoms with van der Waals surface area (Å²) in [6.45, 7) is 0. The maximum atomic E-state index is 13.1. The van der Waals surface area contributed by atoms with E-state index in [4.69, 9.17) is 11.6 Å². The summed E-state index contributed by atoms with van der Waals surface area (Å²) in [5, 5.41) is 0. The van der Waals surface area contributed by atoms with E-state index >= 15 is 0 Å². The highest BCUT2D eigenvalue weighted by atomic mass is 35.5. The molecule has 0 aliphatic carbocycles. The minimum atomic E-state index is -0.675. The summed E-state index contributed by atoms with van der Waals surface area (Å²) in [6, 6.07) is 0. The molecule has 0 heterocycles. The predicted molar refractivity (Wildman–Crippen MR) is 69.6 cm³/mol. The van der Waals surface area contributed by atoms with Gasteiger partial charge in [-0.3, -0.25) is 0 Å². The standard InChI is InChI=1S/C10H20ClFS2/c11-7-3-1-5-9-14-10(12)6-2-4-8-13/h10,13H,1-9H2. The van der Waals surface area contributed by atoms with E-state index in [0.717, 1.165) is 49.5 Å². The van der Waals surface area contributed by atoms with Crippen LogP contribution in [0.15, 0.2) is 0 Å². The smallest absolute Gasteiger partial charge is 0.145 e. The highest BCUT2D eigenvalue weighted by Gasteiger charge is 2.05. The fourth-order valence-electron chi connectivity index (χ4n) is 1.08. The van der Waals surface area contributed by atoms with Crippen LogP contribution in [0, 0.1) is 0 Å². The molecule has 0 saturated heterocycles. The van der Waals surface area contributed by atoms with Crippen molar-refractivity contribution in [3.63, 3.8) is 0 Å². The van der Waals surface area contributed by atoms with Crippen molar-refractivity contribution in [3.8, 4) is 0 Å². The van der Waals surface area contributed by atoms with Crippen LogP contribution in [0.25, 0.3) is 0 Å². The summed E-state index contributed by atoms with van der Waals surface area (Å²) in [7, 11) is 0. The third-order valence-corrected chi connectivity index (χ3v) is 3.62. The van der Waals surface area contributed by atoms with Gasteiger partial charge in [0.15, 0.2) is 0 Å². The van der Waals surface area contributed by atoms with Crippen LogP contribution in [0.2, 0.25) is 0 Å². The molecule has 4 heteroatoms. The Kier molecular flexibility index (Phi) is 12.8. The van der Waals surface area contributed by atoms with Crippen molar-refractivity contribution in [2.75, 3.05) is 17.4 Å². The van der Waals surface area contributed by atoms with E-state index in [1.165, 1.54) is 11.8 Å². The van der Waals surface area contributed by atoms with Crippen LogP contribution in [0.5, 0.6) is 0 Å². The van der Waals surface area contributed by atoms with Gasteiger partial charge in [0.1, 0.15) is 5.50 Å². The average molecular weight is 259 g/mol. The fraction of sp³-hybridized carbons (Fsp3) is 1.00. The molecule has 0 aromatic rings. The molecule has 0 saturated carbocycles. The number of hydrogen-bond donors (Lipinski definition) is 1. The number of halogens is 2. The molecule has 0 rings (SSSR count). The zero-order valence-electron chi connectivity index (χ0n) is 8.55. The number of thioether (sulfide) groups is 1. The van der Waals surface area contributed by atoms with E-state index < -0.39 is 5.50 Å². The van der Waals surface area contributed by atoms with E-state index in [1.807, 2.05) is 0 Å². The Labute approximate surface area is 102 Å². The molecule has 0 nitrogen and oxygen atoms in total. The molecule has 0 amide bonds. The first-order valence-corrected chi connectivity index (χ1v) is 7.45. The summed E-state index contributed by atoms with van der Waals surface area (Å²) in [6.07, 6.45) is 5.93. The maximum absolute atomic E-state index is 13.1. The minimum Gasteiger partial charge on any atom is -0.236 e. The molecule has 0 aliphatic heterocycles. The summed E-state index contributed by atoms with van der Waals surface area (Å²) >= 11 is 11.1. The minimum absolute atomic E-state index is 0.675. The molecule has 0 bridgehead atoms. The Morgan fingerprint density at radius 3 is 2.57 bits per heavy atom. The molecule has 0 aromatic heterocycles. The first-order valence-electron chi connectivity index (χ1n) is 5.23. The molecular formula is C10H20ClFS2. The summed E-state index contributed by atoms with van der Waals surface area (Å²) in [5.41, 5.74) is -0.675. The van der Waals surface area contributed by atoms with Crippen molar-refractivity contribution in [1.82, 2.24) is 0 Å². The van der Waals surface area contributed by atoms with Gasteiger partial charge in [-0.15, -0.1) is 23.4 Å². The molecule has 14 heavy (non-hydrogen) atoms. The van der Waals surface area contributed by atoms with Crippen molar-refractivity contribution in [1.29, 1.82) is 0 Å². The van der Waals surface area contributed by atoms with Gasteiger partial charge in [0.05, 0.1) is 0 Å². The Morgan fingerprint density at radius 1 is 1.14 bits per heavy atom. The lowest BCUT2D eigenvalue weighted by atomic mass is 10.3. The number of rotatable bonds is 10. The van der Waals surface area contributed by atoms with Gasteiger partial charge in [-0.25, -0.2) is 4.39 Å². The van der Waals surface area contributed by atoms with Gasteiger partial charge in [-0.05, 0) is 43.6 Å². The highest BCUT2D eigenvalue weighted by molar-refractivity contribution is 7.99. The summed E-state index contributed by atoms with van der Waals surface area (Å²) in [4.78, 5) is 0. The van der Waals surface area contributed by atoms with E-state index in [2.05, 4.69) is 12.6 Å². The Balaban J connectivity index is 3.06. The topological polar surface area (TPSA) is 0 Å². The summed E-state index contributed by atoms with van der Waals surface area (Å²) < 4.78 is 13.1. The fourth-order valence-corrected chi connectivity index (χ4v) is 2.46. The molecule has 0 aromatic carbocycles. The molecule has 0 fully saturated rings. The van der Waals surface area contributed by atoms with Gasteiger partial charge in [-0.1, -0.05) is 6.42 Å². The van der Waals surface area contributed by atoms with Gasteiger partial charge in [0.2, 0.25) is 0 Å². The van der Waals surface area contributed by atoms with Crippen molar-refractivity contribution in [2.24, 2.45) is 0 Å². The zero-order valence-corrected chi connectivity index (χ0v) is 11.0. The van der Waals surface area contributed by atoms with E-state index in [9.17, 15) is 4.39 Å². The monoisotopic (exact) mass is 258 g/mol. The molecule has 0 spiro atoms. The predicted octanol–water partition coefficient (Wildman–Crippen LogP) is 4.52. The molecule has 0 radical (unpaired) electrons. The van der Waals surface area contributed by atoms with Gasteiger partial charge in [0, 0.05) is 5.88 Å². The van der Waals surface area contributed by atoms with Gasteiger partial charge >= 0.3 is 0 Å². The molecular weight excluding hydrogens is 239 g/mol. The molecule has 86 valence electrons. The van der Waals surface area contributed by atoms with E-state index in [-0.39, 0.29) is 0 Å². The van der Waals surface area contributed by atoms with Crippen LogP contribution in [0.1, 0.15) is 38.5 Å². The van der Waals surface area contributed by atoms with Gasteiger partial charge < -0.3 is 0 Å². The van der Waals surface area contributed by atoms with Crippen LogP contribution in [-0.2, 0) is 0 Å². The SMILES string of the molecule is FC(CCCCS)SCCCCCCl. The van der Waals surface area contributed by atoms with Gasteiger partial charge in [0.25, 0.3) is 0 Å². The second kappa shape index (κ2) is 12.0. The van der Waals surface area contributed by atoms with Crippen molar-refractivity contribution < 1.29 is 4.39 Å². The second-order valence-corrected chi connectivity index (χ2v) is 5.33. The third kappa shape index (κ3) is 11.0. The lowest BCUT2D eigenvalue weighted by Gasteiger charge is -2.06. The highest BCUT2D eigenvalue weighted by Crippen LogP contribution is 2.20. The van der Waals surface area contributed by atoms with Crippen molar-refractivity contribution in [3.05, 3.63) is 0 Å². The van der Waals surface area contributed by atoms with Crippen LogP contribution in [0.4, 0.5) is 4.39 Å². The van der Waals surface area contributed by atoms with Crippen LogP contribution in [0.3, 0.4) is 0 Å². The van der Waals surface area contributed by atoms with Crippen LogP contribution >= 0.6 is 36.0 Å². The molecule has 1 atom stereocenters. The quantitative estimate of drug-likeness (QED) is 0.341. The number of hydrogen-bond acceptors (Lipinski definition) is 2. The lowest BCUT2D eigenvalue weighted by Crippen LogP contribution is -1.96. The van der Waals surface area contributed by atoms with Crippen molar-refractivity contribution >= 4 is 36.0 Å². The molecule has 1 unspecified atom stereocenters. The Bertz CT molecular complexity index is 114. The number of thiol groups is 1. The zero-order chi connectivity index (χ0) is 10.6. The van der Waals surface area contributed by atoms with E-state index in [0.29, 0.717) is 6.42 Å². The summed E-state index contributed by atoms with van der Waals surface area (Å²) in [5.74, 6) is 2.53. The molecule has 0 aliphatic rings. The Morgan fingerprint density at radius 2 is 1.93 bits per heavy atom. The maximum Gasteiger partial charge on any atom is 0.145 e. The van der Waals surface area contributed by atoms with E-state index in [1.54, 1.807) is 0 Å². The number of alkyl halides is 2. The first-order chi connectivity index (χ1) is 6.81. The largest absolute Gasteiger partial charge is 0.236 e. The third-order valence-electron chi connectivity index (χ3n) is 1.92. The van der Waals surface area contributed by atoms with Crippen LogP contribution < -0.4 is 0 Å². The van der Waals surface area contributed by atoms with Gasteiger partial charge in [-0.2, -0.15) is 12.6 Å².